The first-order chi connectivity index (χ1) is 12.4. The fraction of sp³-hybridized carbons (Fsp3) is 0.667. The first-order valence-electron chi connectivity index (χ1n) is 9.93. The molecular formula is C21H33N5. The van der Waals surface area contributed by atoms with Gasteiger partial charge >= 0.3 is 0 Å². The quantitative estimate of drug-likeness (QED) is 0.811. The molecule has 1 aliphatic rings. The second-order valence-electron chi connectivity index (χ2n) is 8.98. The molecule has 0 N–H and O–H groups in total. The van der Waals surface area contributed by atoms with Crippen LogP contribution >= 0.6 is 0 Å². The lowest BCUT2D eigenvalue weighted by atomic mass is 9.88. The largest absolute Gasteiger partial charge is 0.293 e. The minimum Gasteiger partial charge on any atom is -0.293 e. The Hall–Kier alpha value is -1.75. The molecule has 0 amide bonds. The molecule has 1 aromatic heterocycles. The summed E-state index contributed by atoms with van der Waals surface area (Å²) in [6, 6.07) is 11.2. The van der Waals surface area contributed by atoms with Crippen molar-refractivity contribution in [3.05, 3.63) is 41.7 Å². The van der Waals surface area contributed by atoms with Gasteiger partial charge in [-0.2, -0.15) is 0 Å². The molecule has 5 nitrogen and oxygen atoms in total. The maximum atomic E-state index is 4.43. The van der Waals surface area contributed by atoms with Crippen molar-refractivity contribution in [3.8, 4) is 0 Å². The molecule has 0 radical (unpaired) electrons. The number of rotatable bonds is 5. The summed E-state index contributed by atoms with van der Waals surface area (Å²) in [6.07, 6.45) is 3.69. The second kappa shape index (κ2) is 7.87. The molecule has 0 saturated carbocycles. The van der Waals surface area contributed by atoms with Crippen LogP contribution in [0.3, 0.4) is 0 Å². The average molecular weight is 356 g/mol. The normalized spacial score (nSPS) is 18.4. The Kier molecular flexibility index (Phi) is 5.76. The van der Waals surface area contributed by atoms with Crippen molar-refractivity contribution in [2.45, 2.75) is 65.5 Å². The summed E-state index contributed by atoms with van der Waals surface area (Å²) < 4.78 is 2.01. The third kappa shape index (κ3) is 4.32. The Labute approximate surface area is 157 Å². The molecule has 2 heterocycles. The number of aromatic nitrogens is 4. The molecule has 1 aliphatic heterocycles. The maximum Gasteiger partial charge on any atom is 0.169 e. The van der Waals surface area contributed by atoms with Gasteiger partial charge in [0.15, 0.2) is 5.82 Å². The van der Waals surface area contributed by atoms with Crippen molar-refractivity contribution in [1.29, 1.82) is 0 Å². The number of piperidine rings is 1. The van der Waals surface area contributed by atoms with Gasteiger partial charge in [0.25, 0.3) is 0 Å². The molecule has 5 heteroatoms. The van der Waals surface area contributed by atoms with Crippen LogP contribution in [0.5, 0.6) is 0 Å². The van der Waals surface area contributed by atoms with Crippen LogP contribution in [0.4, 0.5) is 0 Å². The van der Waals surface area contributed by atoms with Gasteiger partial charge in [-0.25, -0.2) is 4.68 Å². The van der Waals surface area contributed by atoms with Gasteiger partial charge in [0.05, 0.1) is 11.6 Å². The lowest BCUT2D eigenvalue weighted by molar-refractivity contribution is 0.0914. The van der Waals surface area contributed by atoms with E-state index in [4.69, 9.17) is 0 Å². The highest BCUT2D eigenvalue weighted by atomic mass is 15.6. The predicted octanol–water partition coefficient (Wildman–Crippen LogP) is 4.08. The number of tetrazole rings is 1. The minimum atomic E-state index is -0.0996. The van der Waals surface area contributed by atoms with Gasteiger partial charge in [-0.05, 0) is 80.9 Å². The fourth-order valence-electron chi connectivity index (χ4n) is 4.12. The lowest BCUT2D eigenvalue weighted by Crippen LogP contribution is -2.41. The summed E-state index contributed by atoms with van der Waals surface area (Å²) in [5, 5.41) is 12.7. The Morgan fingerprint density at radius 1 is 1.08 bits per heavy atom. The lowest BCUT2D eigenvalue weighted by Gasteiger charge is -2.39. The zero-order valence-corrected chi connectivity index (χ0v) is 16.9. The number of hydrogen-bond acceptors (Lipinski definition) is 4. The summed E-state index contributed by atoms with van der Waals surface area (Å²) in [7, 11) is 0. The summed E-state index contributed by atoms with van der Waals surface area (Å²) in [5.74, 6) is 2.27. The molecule has 26 heavy (non-hydrogen) atoms. The number of likely N-dealkylation sites (tertiary alicyclic amines) is 1. The van der Waals surface area contributed by atoms with E-state index in [9.17, 15) is 0 Å². The van der Waals surface area contributed by atoms with Crippen LogP contribution in [-0.2, 0) is 12.0 Å². The Balaban J connectivity index is 1.69. The van der Waals surface area contributed by atoms with Crippen molar-refractivity contribution >= 4 is 0 Å². The SMILES string of the molecule is CC(C)[C@H](c1nnnn1C(C)(C)C)N1CCC(Cc2ccccc2)CC1. The molecule has 0 bridgehead atoms. The number of hydrogen-bond donors (Lipinski definition) is 0. The van der Waals surface area contributed by atoms with Crippen LogP contribution < -0.4 is 0 Å². The van der Waals surface area contributed by atoms with Crippen molar-refractivity contribution in [3.63, 3.8) is 0 Å². The predicted molar refractivity (Wildman–Crippen MR) is 105 cm³/mol. The third-order valence-electron chi connectivity index (χ3n) is 5.43. The highest BCUT2D eigenvalue weighted by Gasteiger charge is 2.34. The van der Waals surface area contributed by atoms with Gasteiger partial charge in [-0.1, -0.05) is 44.2 Å². The first-order valence-corrected chi connectivity index (χ1v) is 9.93. The molecule has 3 rings (SSSR count). The van der Waals surface area contributed by atoms with E-state index < -0.39 is 0 Å². The van der Waals surface area contributed by atoms with Crippen LogP contribution in [0.2, 0.25) is 0 Å². The Morgan fingerprint density at radius 3 is 2.31 bits per heavy atom. The van der Waals surface area contributed by atoms with E-state index in [0.29, 0.717) is 5.92 Å². The van der Waals surface area contributed by atoms with Crippen molar-refractivity contribution in [2.75, 3.05) is 13.1 Å². The summed E-state index contributed by atoms with van der Waals surface area (Å²) >= 11 is 0. The van der Waals surface area contributed by atoms with Crippen LogP contribution in [0, 0.1) is 11.8 Å². The minimum absolute atomic E-state index is 0.0996. The fourth-order valence-corrected chi connectivity index (χ4v) is 4.12. The zero-order valence-electron chi connectivity index (χ0n) is 16.9. The van der Waals surface area contributed by atoms with Crippen molar-refractivity contribution in [1.82, 2.24) is 25.1 Å². The Morgan fingerprint density at radius 2 is 1.73 bits per heavy atom. The second-order valence-corrected chi connectivity index (χ2v) is 8.98. The number of benzene rings is 1. The smallest absolute Gasteiger partial charge is 0.169 e. The van der Waals surface area contributed by atoms with Crippen molar-refractivity contribution in [2.24, 2.45) is 11.8 Å². The van der Waals surface area contributed by atoms with Gasteiger partial charge < -0.3 is 0 Å². The maximum absolute atomic E-state index is 4.43. The third-order valence-corrected chi connectivity index (χ3v) is 5.43. The van der Waals surface area contributed by atoms with Gasteiger partial charge in [0.1, 0.15) is 0 Å². The topological polar surface area (TPSA) is 46.8 Å². The van der Waals surface area contributed by atoms with Gasteiger partial charge in [-0.15, -0.1) is 5.10 Å². The van der Waals surface area contributed by atoms with Gasteiger partial charge in [0.2, 0.25) is 0 Å². The average Bonchev–Trinajstić information content (AvgIpc) is 3.07. The molecule has 2 aromatic rings. The van der Waals surface area contributed by atoms with E-state index in [-0.39, 0.29) is 11.6 Å². The molecule has 0 aliphatic carbocycles. The van der Waals surface area contributed by atoms with E-state index in [0.717, 1.165) is 24.8 Å². The van der Waals surface area contributed by atoms with E-state index in [1.165, 1.54) is 24.8 Å². The highest BCUT2D eigenvalue weighted by molar-refractivity contribution is 5.15. The van der Waals surface area contributed by atoms with Crippen molar-refractivity contribution < 1.29 is 0 Å². The van der Waals surface area contributed by atoms with E-state index in [2.05, 4.69) is 85.4 Å². The standard InChI is InChI=1S/C21H33N5/c1-16(2)19(20-22-23-24-26(20)21(3,4)5)25-13-11-18(12-14-25)15-17-9-7-6-8-10-17/h6-10,16,18-19H,11-15H2,1-5H3/t19-/m1/s1. The van der Waals surface area contributed by atoms with Crippen LogP contribution in [0.25, 0.3) is 0 Å². The molecule has 1 fully saturated rings. The summed E-state index contributed by atoms with van der Waals surface area (Å²) in [4.78, 5) is 2.60. The Bertz CT molecular complexity index is 678. The summed E-state index contributed by atoms with van der Waals surface area (Å²) in [6.45, 7) is 13.3. The summed E-state index contributed by atoms with van der Waals surface area (Å²) in [5.41, 5.74) is 1.36. The highest BCUT2D eigenvalue weighted by Crippen LogP contribution is 2.33. The van der Waals surface area contributed by atoms with E-state index >= 15 is 0 Å². The van der Waals surface area contributed by atoms with E-state index in [1.807, 2.05) is 4.68 Å². The van der Waals surface area contributed by atoms with Crippen LogP contribution in [0.1, 0.15) is 64.9 Å². The van der Waals surface area contributed by atoms with Crippen LogP contribution in [-0.4, -0.2) is 38.2 Å². The monoisotopic (exact) mass is 355 g/mol. The molecule has 142 valence electrons. The molecular weight excluding hydrogens is 322 g/mol. The molecule has 1 aromatic carbocycles. The van der Waals surface area contributed by atoms with Crippen LogP contribution in [0.15, 0.2) is 30.3 Å². The molecule has 0 spiro atoms. The number of nitrogens with zero attached hydrogens (tertiary/aromatic N) is 5. The first kappa shape index (κ1) is 19.0. The van der Waals surface area contributed by atoms with Gasteiger partial charge in [-0.3, -0.25) is 4.90 Å². The molecule has 0 unspecified atom stereocenters. The molecule has 1 atom stereocenters. The molecule has 1 saturated heterocycles. The van der Waals surface area contributed by atoms with Gasteiger partial charge in [0, 0.05) is 0 Å². The van der Waals surface area contributed by atoms with E-state index in [1.54, 1.807) is 0 Å². The zero-order chi connectivity index (χ0) is 18.7.